The molecular weight excluding hydrogens is 188 g/mol. The number of nitrogens with zero attached hydrogens (tertiary/aromatic N) is 2. The predicted molar refractivity (Wildman–Crippen MR) is 63.9 cm³/mol. The summed E-state index contributed by atoms with van der Waals surface area (Å²) in [6.45, 7) is 2.19. The Hall–Kier alpha value is -0.643. The largest absolute Gasteiger partial charge is 0.314 e. The van der Waals surface area contributed by atoms with Crippen molar-refractivity contribution < 1.29 is 0 Å². The summed E-state index contributed by atoms with van der Waals surface area (Å²) in [5.41, 5.74) is 1.39. The van der Waals surface area contributed by atoms with E-state index in [0.717, 1.165) is 0 Å². The molecule has 0 atom stereocenters. The minimum absolute atomic E-state index is 0.720. The molecule has 0 saturated carbocycles. The third-order valence-corrected chi connectivity index (χ3v) is 4.97. The lowest BCUT2D eigenvalue weighted by molar-refractivity contribution is 0.531. The lowest BCUT2D eigenvalue weighted by Crippen LogP contribution is -2.55. The molecule has 1 aromatic carbocycles. The second-order valence-corrected chi connectivity index (χ2v) is 6.90. The van der Waals surface area contributed by atoms with Gasteiger partial charge >= 0.3 is 0 Å². The van der Waals surface area contributed by atoms with Gasteiger partial charge in [0.2, 0.25) is 0 Å². The van der Waals surface area contributed by atoms with Crippen LogP contribution in [0, 0.1) is 6.92 Å². The van der Waals surface area contributed by atoms with Crippen molar-refractivity contribution in [3.63, 3.8) is 0 Å². The first-order valence-electron chi connectivity index (χ1n) is 4.81. The standard InChI is InChI=1S/C11H19N2Si/c1-10-8-6-7-9-11(10)14(12(2)3)13(4)5/h6-9H,1-5H3. The fourth-order valence-corrected chi connectivity index (χ4v) is 4.15. The van der Waals surface area contributed by atoms with Crippen molar-refractivity contribution in [2.24, 2.45) is 0 Å². The van der Waals surface area contributed by atoms with Crippen molar-refractivity contribution in [1.29, 1.82) is 0 Å². The number of benzene rings is 1. The quantitative estimate of drug-likeness (QED) is 0.677. The van der Waals surface area contributed by atoms with Crippen LogP contribution < -0.4 is 5.19 Å². The summed E-state index contributed by atoms with van der Waals surface area (Å²) < 4.78 is 4.65. The van der Waals surface area contributed by atoms with Crippen LogP contribution in [-0.2, 0) is 0 Å². The van der Waals surface area contributed by atoms with Gasteiger partial charge in [-0.05, 0) is 45.9 Å². The van der Waals surface area contributed by atoms with Crippen LogP contribution in [0.1, 0.15) is 5.56 Å². The Kier molecular flexibility index (Phi) is 3.86. The average molecular weight is 207 g/mol. The predicted octanol–water partition coefficient (Wildman–Crippen LogP) is 0.813. The summed E-state index contributed by atoms with van der Waals surface area (Å²) in [7, 11) is 7.89. The highest BCUT2D eigenvalue weighted by Crippen LogP contribution is 1.99. The molecule has 0 aliphatic heterocycles. The van der Waals surface area contributed by atoms with Gasteiger partial charge in [0.15, 0.2) is 0 Å². The molecule has 77 valence electrons. The Labute approximate surface area is 88.9 Å². The first kappa shape index (κ1) is 11.4. The van der Waals surface area contributed by atoms with Crippen LogP contribution in [0.3, 0.4) is 0 Å². The molecule has 0 heterocycles. The van der Waals surface area contributed by atoms with Gasteiger partial charge in [0.1, 0.15) is 0 Å². The maximum absolute atomic E-state index is 2.33. The van der Waals surface area contributed by atoms with E-state index in [-0.39, 0.29) is 0 Å². The van der Waals surface area contributed by atoms with E-state index in [9.17, 15) is 0 Å². The van der Waals surface area contributed by atoms with Gasteiger partial charge in [-0.15, -0.1) is 0 Å². The van der Waals surface area contributed by atoms with Gasteiger partial charge in [0.05, 0.1) is 0 Å². The highest BCUT2D eigenvalue weighted by atomic mass is 28.3. The van der Waals surface area contributed by atoms with Crippen molar-refractivity contribution in [3.05, 3.63) is 29.8 Å². The Morgan fingerprint density at radius 2 is 1.43 bits per heavy atom. The van der Waals surface area contributed by atoms with E-state index in [1.807, 2.05) is 0 Å². The average Bonchev–Trinajstić information content (AvgIpc) is 2.07. The molecule has 1 rings (SSSR count). The first-order valence-corrected chi connectivity index (χ1v) is 6.21. The Balaban J connectivity index is 3.05. The molecule has 0 saturated heterocycles. The van der Waals surface area contributed by atoms with Crippen LogP contribution in [-0.4, -0.2) is 46.4 Å². The summed E-state index contributed by atoms with van der Waals surface area (Å²) in [5, 5.41) is 1.48. The summed E-state index contributed by atoms with van der Waals surface area (Å²) in [4.78, 5) is 0. The van der Waals surface area contributed by atoms with Crippen LogP contribution in [0.25, 0.3) is 0 Å². The summed E-state index contributed by atoms with van der Waals surface area (Å²) >= 11 is 0. The SMILES string of the molecule is Cc1ccccc1[Si](N(C)C)N(C)C. The lowest BCUT2D eigenvalue weighted by atomic mass is 10.2. The van der Waals surface area contributed by atoms with E-state index < -0.39 is 9.12 Å². The summed E-state index contributed by atoms with van der Waals surface area (Å²) in [5.74, 6) is 0. The Morgan fingerprint density at radius 3 is 1.86 bits per heavy atom. The second-order valence-electron chi connectivity index (χ2n) is 3.93. The molecule has 0 spiro atoms. The van der Waals surface area contributed by atoms with Gasteiger partial charge in [-0.1, -0.05) is 24.3 Å². The fraction of sp³-hybridized carbons (Fsp3) is 0.455. The molecule has 1 radical (unpaired) electrons. The minimum Gasteiger partial charge on any atom is -0.314 e. The van der Waals surface area contributed by atoms with Gasteiger partial charge in [0.25, 0.3) is 9.12 Å². The van der Waals surface area contributed by atoms with Gasteiger partial charge in [-0.25, -0.2) is 0 Å². The van der Waals surface area contributed by atoms with Crippen LogP contribution >= 0.6 is 0 Å². The smallest absolute Gasteiger partial charge is 0.266 e. The number of rotatable bonds is 3. The minimum atomic E-state index is -0.720. The molecule has 0 unspecified atom stereocenters. The maximum Gasteiger partial charge on any atom is 0.266 e. The highest BCUT2D eigenvalue weighted by molar-refractivity contribution is 6.68. The monoisotopic (exact) mass is 207 g/mol. The molecule has 0 fully saturated rings. The van der Waals surface area contributed by atoms with E-state index in [0.29, 0.717) is 0 Å². The molecule has 1 aromatic rings. The third-order valence-electron chi connectivity index (χ3n) is 2.23. The zero-order chi connectivity index (χ0) is 10.7. The van der Waals surface area contributed by atoms with Crippen molar-refractivity contribution in [3.8, 4) is 0 Å². The van der Waals surface area contributed by atoms with Crippen molar-refractivity contribution >= 4 is 14.3 Å². The zero-order valence-corrected chi connectivity index (χ0v) is 10.7. The topological polar surface area (TPSA) is 6.48 Å². The molecule has 0 aliphatic rings. The third kappa shape index (κ3) is 2.44. The summed E-state index contributed by atoms with van der Waals surface area (Å²) in [6.07, 6.45) is 0. The Morgan fingerprint density at radius 1 is 0.929 bits per heavy atom. The van der Waals surface area contributed by atoms with E-state index in [2.05, 4.69) is 68.5 Å². The van der Waals surface area contributed by atoms with Gasteiger partial charge in [0, 0.05) is 0 Å². The lowest BCUT2D eigenvalue weighted by Gasteiger charge is -2.28. The van der Waals surface area contributed by atoms with Crippen LogP contribution in [0.15, 0.2) is 24.3 Å². The normalized spacial score (nSPS) is 11.7. The van der Waals surface area contributed by atoms with Crippen LogP contribution in [0.5, 0.6) is 0 Å². The van der Waals surface area contributed by atoms with Crippen molar-refractivity contribution in [1.82, 2.24) is 9.13 Å². The van der Waals surface area contributed by atoms with E-state index in [1.165, 1.54) is 10.8 Å². The van der Waals surface area contributed by atoms with E-state index >= 15 is 0 Å². The van der Waals surface area contributed by atoms with E-state index in [4.69, 9.17) is 0 Å². The molecule has 0 aromatic heterocycles. The molecule has 14 heavy (non-hydrogen) atoms. The van der Waals surface area contributed by atoms with Gasteiger partial charge in [-0.2, -0.15) is 0 Å². The van der Waals surface area contributed by atoms with Crippen LogP contribution in [0.4, 0.5) is 0 Å². The molecule has 2 nitrogen and oxygen atoms in total. The molecule has 3 heteroatoms. The molecule has 0 aliphatic carbocycles. The molecule has 0 amide bonds. The van der Waals surface area contributed by atoms with Crippen LogP contribution in [0.2, 0.25) is 0 Å². The zero-order valence-electron chi connectivity index (χ0n) is 9.70. The van der Waals surface area contributed by atoms with Gasteiger partial charge in [-0.3, -0.25) is 0 Å². The molecule has 0 bridgehead atoms. The van der Waals surface area contributed by atoms with Gasteiger partial charge < -0.3 is 9.13 Å². The number of aryl methyl sites for hydroxylation is 1. The molecular formula is C11H19N2Si. The molecule has 0 N–H and O–H groups in total. The Bertz CT molecular complexity index is 289. The second kappa shape index (κ2) is 4.73. The highest BCUT2D eigenvalue weighted by Gasteiger charge is 2.21. The van der Waals surface area contributed by atoms with Crippen molar-refractivity contribution in [2.45, 2.75) is 6.92 Å². The van der Waals surface area contributed by atoms with E-state index in [1.54, 1.807) is 0 Å². The number of hydrogen-bond acceptors (Lipinski definition) is 2. The summed E-state index contributed by atoms with van der Waals surface area (Å²) in [6, 6.07) is 8.65. The maximum atomic E-state index is 2.33. The fourth-order valence-electron chi connectivity index (χ4n) is 1.71. The number of hydrogen-bond donors (Lipinski definition) is 0. The first-order chi connectivity index (χ1) is 6.54. The van der Waals surface area contributed by atoms with Crippen molar-refractivity contribution in [2.75, 3.05) is 28.2 Å².